The molecule has 4 heterocycles. The molecule has 3 aromatic heterocycles. The first-order valence-electron chi connectivity index (χ1n) is 15.2. The number of hydrogen-bond donors (Lipinski definition) is 0. The number of nitrogens with zero attached hydrogens (tertiary/aromatic N) is 7. The third kappa shape index (κ3) is 6.96. The Morgan fingerprint density at radius 1 is 1.09 bits per heavy atom. The molecule has 0 radical (unpaired) electrons. The molecule has 14 heteroatoms. The van der Waals surface area contributed by atoms with Crippen molar-refractivity contribution in [1.82, 2.24) is 29.2 Å². The number of pyridine rings is 1. The van der Waals surface area contributed by atoms with Gasteiger partial charge in [0.25, 0.3) is 5.91 Å². The molecule has 250 valence electrons. The van der Waals surface area contributed by atoms with E-state index in [4.69, 9.17) is 9.47 Å². The molecule has 0 unspecified atom stereocenters. The Kier molecular flexibility index (Phi) is 9.07. The summed E-state index contributed by atoms with van der Waals surface area (Å²) in [6.07, 6.45) is 1.12. The summed E-state index contributed by atoms with van der Waals surface area (Å²) in [5, 5.41) is 3.84. The zero-order valence-electron chi connectivity index (χ0n) is 27.4. The number of amides is 2. The molecule has 0 spiro atoms. The fourth-order valence-corrected chi connectivity index (χ4v) is 5.65. The average molecular weight is 654 g/mol. The number of benzene rings is 1. The van der Waals surface area contributed by atoms with E-state index in [1.54, 1.807) is 80.9 Å². The second-order valence-corrected chi connectivity index (χ2v) is 12.4. The number of carbonyl (C=O) groups excluding carboxylic acids is 2. The normalized spacial score (nSPS) is 14.2. The summed E-state index contributed by atoms with van der Waals surface area (Å²) in [4.78, 5) is 38.7. The van der Waals surface area contributed by atoms with Gasteiger partial charge in [-0.15, -0.1) is 0 Å². The van der Waals surface area contributed by atoms with Crippen LogP contribution in [0.3, 0.4) is 0 Å². The number of aromatic nitrogens is 5. The van der Waals surface area contributed by atoms with Crippen LogP contribution in [0.5, 0.6) is 5.75 Å². The smallest absolute Gasteiger partial charge is 0.435 e. The predicted molar refractivity (Wildman–Crippen MR) is 168 cm³/mol. The number of halogens is 3. The quantitative estimate of drug-likeness (QED) is 0.218. The Morgan fingerprint density at radius 3 is 2.47 bits per heavy atom. The van der Waals surface area contributed by atoms with Gasteiger partial charge in [-0.05, 0) is 75.9 Å². The van der Waals surface area contributed by atoms with E-state index in [9.17, 15) is 22.8 Å². The van der Waals surface area contributed by atoms with E-state index >= 15 is 0 Å². The molecular formula is C33H38F3N7O4. The molecule has 1 aliphatic heterocycles. The van der Waals surface area contributed by atoms with Gasteiger partial charge >= 0.3 is 12.3 Å². The average Bonchev–Trinajstić information content (AvgIpc) is 3.67. The highest BCUT2D eigenvalue weighted by Gasteiger charge is 2.39. The minimum Gasteiger partial charge on any atom is -0.497 e. The highest BCUT2D eigenvalue weighted by Crippen LogP contribution is 2.41. The van der Waals surface area contributed by atoms with E-state index in [2.05, 4.69) is 15.1 Å². The van der Waals surface area contributed by atoms with Crippen LogP contribution >= 0.6 is 0 Å². The van der Waals surface area contributed by atoms with Gasteiger partial charge in [-0.25, -0.2) is 9.78 Å². The van der Waals surface area contributed by atoms with Crippen molar-refractivity contribution in [2.24, 2.45) is 0 Å². The van der Waals surface area contributed by atoms with Gasteiger partial charge in [0.15, 0.2) is 5.69 Å². The van der Waals surface area contributed by atoms with Crippen LogP contribution in [0.25, 0.3) is 11.1 Å². The first-order valence-corrected chi connectivity index (χ1v) is 15.2. The van der Waals surface area contributed by atoms with Crippen molar-refractivity contribution >= 4 is 17.9 Å². The molecule has 11 nitrogen and oxygen atoms in total. The molecule has 2 amide bonds. The summed E-state index contributed by atoms with van der Waals surface area (Å²) < 4.78 is 56.7. The van der Waals surface area contributed by atoms with Crippen molar-refractivity contribution in [3.05, 3.63) is 77.1 Å². The Hall–Kier alpha value is -4.88. The molecule has 0 bridgehead atoms. The summed E-state index contributed by atoms with van der Waals surface area (Å²) in [5.41, 5.74) is 0.389. The van der Waals surface area contributed by atoms with E-state index < -0.39 is 29.6 Å². The lowest BCUT2D eigenvalue weighted by molar-refractivity contribution is -0.141. The number of carbonyl (C=O) groups is 2. The van der Waals surface area contributed by atoms with E-state index in [-0.39, 0.29) is 48.2 Å². The highest BCUT2D eigenvalue weighted by atomic mass is 19.4. The number of rotatable bonds is 8. The lowest BCUT2D eigenvalue weighted by Gasteiger charge is -2.34. The number of methoxy groups -OCH3 is 1. The first-order chi connectivity index (χ1) is 22.1. The zero-order chi connectivity index (χ0) is 34.3. The van der Waals surface area contributed by atoms with E-state index in [0.717, 1.165) is 0 Å². The molecule has 1 aliphatic rings. The van der Waals surface area contributed by atoms with Crippen molar-refractivity contribution in [3.8, 4) is 16.9 Å². The Labute approximate surface area is 270 Å². The van der Waals surface area contributed by atoms with Gasteiger partial charge in [0.05, 0.1) is 25.4 Å². The van der Waals surface area contributed by atoms with Gasteiger partial charge in [-0.3, -0.25) is 19.4 Å². The lowest BCUT2D eigenvalue weighted by Crippen LogP contribution is -2.40. The molecule has 1 atom stereocenters. The first kappa shape index (κ1) is 33.5. The molecular weight excluding hydrogens is 615 g/mol. The summed E-state index contributed by atoms with van der Waals surface area (Å²) in [6.45, 7) is 9.43. The van der Waals surface area contributed by atoms with E-state index in [1.165, 1.54) is 29.0 Å². The second-order valence-electron chi connectivity index (χ2n) is 12.4. The highest BCUT2D eigenvalue weighted by molar-refractivity contribution is 5.99. The number of ether oxygens (including phenoxy) is 2. The second kappa shape index (κ2) is 12.7. The molecule has 0 fully saturated rings. The predicted octanol–water partition coefficient (Wildman–Crippen LogP) is 6.37. The minimum absolute atomic E-state index is 0.0991. The van der Waals surface area contributed by atoms with Crippen molar-refractivity contribution in [2.45, 2.75) is 71.9 Å². The molecule has 0 saturated carbocycles. The number of aryl methyl sites for hydroxylation is 1. The van der Waals surface area contributed by atoms with Crippen LogP contribution in [0.1, 0.15) is 73.5 Å². The summed E-state index contributed by atoms with van der Waals surface area (Å²) in [7, 11) is 3.07. The summed E-state index contributed by atoms with van der Waals surface area (Å²) in [5.74, 6) is 0.523. The minimum atomic E-state index is -4.72. The Morgan fingerprint density at radius 2 is 1.81 bits per heavy atom. The standard InChI is InChI=1S/C33H38F3N7O4/c1-8-42-19-26(28(39-42)33(34,35)36)24-15-21(18-41-14-12-38-30(41)40(6)31(45)47-32(3,4)5)16-25-23(24)10-13-43(29(25)44)20(2)27-17-22(46-7)9-11-37-27/h9,11-12,14-17,19-20H,8,10,13,18H2,1-7H3/t20-/m0/s1. The van der Waals surface area contributed by atoms with Gasteiger partial charge in [0.1, 0.15) is 11.4 Å². The molecule has 1 aromatic carbocycles. The van der Waals surface area contributed by atoms with Crippen LogP contribution in [-0.4, -0.2) is 67.5 Å². The molecule has 0 saturated heterocycles. The maximum Gasteiger partial charge on any atom is 0.435 e. The van der Waals surface area contributed by atoms with Crippen LogP contribution < -0.4 is 9.64 Å². The van der Waals surface area contributed by atoms with Crippen LogP contribution in [0.2, 0.25) is 0 Å². The van der Waals surface area contributed by atoms with Crippen LogP contribution in [-0.2, 0) is 30.4 Å². The van der Waals surface area contributed by atoms with Crippen LogP contribution in [0.4, 0.5) is 23.9 Å². The van der Waals surface area contributed by atoms with E-state index in [1.807, 2.05) is 6.92 Å². The maximum atomic E-state index is 14.3. The fourth-order valence-electron chi connectivity index (χ4n) is 5.65. The number of fused-ring (bicyclic) bond motifs is 1. The van der Waals surface area contributed by atoms with Crippen molar-refractivity contribution in [3.63, 3.8) is 0 Å². The monoisotopic (exact) mass is 653 g/mol. The van der Waals surface area contributed by atoms with Gasteiger partial charge in [0, 0.05) is 62.1 Å². The van der Waals surface area contributed by atoms with Gasteiger partial charge in [-0.1, -0.05) is 0 Å². The van der Waals surface area contributed by atoms with Crippen molar-refractivity contribution in [1.29, 1.82) is 0 Å². The van der Waals surface area contributed by atoms with Crippen LogP contribution in [0.15, 0.2) is 49.1 Å². The number of hydrogen-bond acceptors (Lipinski definition) is 7. The maximum absolute atomic E-state index is 14.3. The Bertz CT molecular complexity index is 1790. The van der Waals surface area contributed by atoms with Gasteiger partial charge in [0.2, 0.25) is 5.95 Å². The molecule has 5 rings (SSSR count). The molecule has 0 aliphatic carbocycles. The molecule has 47 heavy (non-hydrogen) atoms. The topological polar surface area (TPSA) is 108 Å². The van der Waals surface area contributed by atoms with Gasteiger partial charge in [-0.2, -0.15) is 18.3 Å². The zero-order valence-corrected chi connectivity index (χ0v) is 27.4. The number of anilines is 1. The Balaban J connectivity index is 1.61. The third-order valence-corrected chi connectivity index (χ3v) is 7.95. The number of alkyl halides is 3. The largest absolute Gasteiger partial charge is 0.497 e. The molecule has 0 N–H and O–H groups in total. The van der Waals surface area contributed by atoms with E-state index in [0.29, 0.717) is 29.0 Å². The fraction of sp³-hybridized carbons (Fsp3) is 0.424. The third-order valence-electron chi connectivity index (χ3n) is 7.95. The lowest BCUT2D eigenvalue weighted by atomic mass is 9.87. The SMILES string of the molecule is CCn1cc(-c2cc(Cn3ccnc3N(C)C(=O)OC(C)(C)C)cc3c2CCN([C@@H](C)c2cc(OC)ccn2)C3=O)c(C(F)(F)F)n1. The summed E-state index contributed by atoms with van der Waals surface area (Å²) in [6, 6.07) is 6.40. The molecule has 4 aromatic rings. The van der Waals surface area contributed by atoms with Crippen LogP contribution in [0, 0.1) is 0 Å². The van der Waals surface area contributed by atoms with Crippen molar-refractivity contribution in [2.75, 3.05) is 25.6 Å². The summed E-state index contributed by atoms with van der Waals surface area (Å²) >= 11 is 0. The van der Waals surface area contributed by atoms with Crippen molar-refractivity contribution < 1.29 is 32.2 Å². The van der Waals surface area contributed by atoms with Gasteiger partial charge < -0.3 is 18.9 Å². The number of imidazole rings is 1.